The highest BCUT2D eigenvalue weighted by atomic mass is 19.3. The zero-order valence-corrected chi connectivity index (χ0v) is 17.6. The molecule has 8 heteroatoms. The Hall–Kier alpha value is -3.29. The van der Waals surface area contributed by atoms with Crippen LogP contribution in [-0.2, 0) is 13.1 Å². The number of halogens is 2. The second-order valence-electron chi connectivity index (χ2n) is 7.31. The Labute approximate surface area is 179 Å². The summed E-state index contributed by atoms with van der Waals surface area (Å²) in [5, 5.41) is 5.36. The van der Waals surface area contributed by atoms with Gasteiger partial charge in [-0.2, -0.15) is 13.9 Å². The van der Waals surface area contributed by atoms with Crippen molar-refractivity contribution in [2.75, 3.05) is 7.05 Å². The maximum absolute atomic E-state index is 13.2. The van der Waals surface area contributed by atoms with Crippen molar-refractivity contribution >= 4 is 16.7 Å². The topological polar surface area (TPSA) is 64.4 Å². The van der Waals surface area contributed by atoms with Crippen LogP contribution >= 0.6 is 0 Å². The van der Waals surface area contributed by atoms with Crippen LogP contribution in [0.4, 0.5) is 8.78 Å². The zero-order valence-electron chi connectivity index (χ0n) is 17.6. The van der Waals surface area contributed by atoms with Crippen molar-refractivity contribution in [1.29, 1.82) is 0 Å². The van der Waals surface area contributed by atoms with Gasteiger partial charge in [0.15, 0.2) is 5.69 Å². The zero-order chi connectivity index (χ0) is 22.4. The van der Waals surface area contributed by atoms with Crippen LogP contribution in [0.1, 0.15) is 42.2 Å². The molecule has 2 aromatic carbocycles. The highest BCUT2D eigenvalue weighted by Crippen LogP contribution is 2.18. The molecule has 1 aromatic heterocycles. The third-order valence-corrected chi connectivity index (χ3v) is 4.96. The number of hydrogen-bond acceptors (Lipinski definition) is 4. The van der Waals surface area contributed by atoms with Crippen molar-refractivity contribution in [3.8, 4) is 5.75 Å². The van der Waals surface area contributed by atoms with E-state index in [0.717, 1.165) is 24.8 Å². The molecule has 31 heavy (non-hydrogen) atoms. The second-order valence-corrected chi connectivity index (χ2v) is 7.31. The molecule has 0 radical (unpaired) electrons. The van der Waals surface area contributed by atoms with Gasteiger partial charge in [-0.15, -0.1) is 0 Å². The van der Waals surface area contributed by atoms with Crippen LogP contribution in [0.2, 0.25) is 0 Å². The van der Waals surface area contributed by atoms with Crippen LogP contribution in [0, 0.1) is 0 Å². The Bertz CT molecular complexity index is 1100. The molecule has 3 aromatic rings. The van der Waals surface area contributed by atoms with E-state index < -0.39 is 6.61 Å². The van der Waals surface area contributed by atoms with Crippen molar-refractivity contribution in [1.82, 2.24) is 14.7 Å². The summed E-state index contributed by atoms with van der Waals surface area (Å²) < 4.78 is 30.3. The molecular weight excluding hydrogens is 404 g/mol. The number of fused-ring (bicyclic) bond motifs is 1. The number of aromatic nitrogens is 2. The van der Waals surface area contributed by atoms with E-state index in [4.69, 9.17) is 0 Å². The van der Waals surface area contributed by atoms with Gasteiger partial charge in [-0.3, -0.25) is 9.59 Å². The Balaban J connectivity index is 1.86. The second kappa shape index (κ2) is 10.1. The lowest BCUT2D eigenvalue weighted by Gasteiger charge is -2.19. The molecule has 0 fully saturated rings. The van der Waals surface area contributed by atoms with Crippen molar-refractivity contribution in [3.05, 3.63) is 70.1 Å². The van der Waals surface area contributed by atoms with Crippen LogP contribution in [0.5, 0.6) is 5.75 Å². The molecule has 0 saturated heterocycles. The summed E-state index contributed by atoms with van der Waals surface area (Å²) in [4.78, 5) is 27.5. The first kappa shape index (κ1) is 22.4. The average molecular weight is 429 g/mol. The summed E-state index contributed by atoms with van der Waals surface area (Å²) >= 11 is 0. The van der Waals surface area contributed by atoms with Crippen LogP contribution in [0.3, 0.4) is 0 Å². The molecule has 0 atom stereocenters. The van der Waals surface area contributed by atoms with Crippen LogP contribution in [0.15, 0.2) is 53.3 Å². The van der Waals surface area contributed by atoms with Crippen molar-refractivity contribution in [2.24, 2.45) is 0 Å². The van der Waals surface area contributed by atoms with Gasteiger partial charge in [0.2, 0.25) is 0 Å². The third-order valence-electron chi connectivity index (χ3n) is 4.96. The van der Waals surface area contributed by atoms with E-state index in [9.17, 15) is 18.4 Å². The van der Waals surface area contributed by atoms with Gasteiger partial charge in [0.05, 0.1) is 5.39 Å². The normalized spacial score (nSPS) is 11.1. The Morgan fingerprint density at radius 3 is 2.42 bits per heavy atom. The molecule has 164 valence electrons. The molecule has 6 nitrogen and oxygen atoms in total. The highest BCUT2D eigenvalue weighted by Gasteiger charge is 2.20. The molecule has 0 aliphatic rings. The van der Waals surface area contributed by atoms with Gasteiger partial charge in [-0.05, 0) is 30.2 Å². The average Bonchev–Trinajstić information content (AvgIpc) is 2.76. The van der Waals surface area contributed by atoms with E-state index in [-0.39, 0.29) is 29.5 Å². The van der Waals surface area contributed by atoms with Crippen LogP contribution < -0.4 is 10.3 Å². The van der Waals surface area contributed by atoms with E-state index in [2.05, 4.69) is 16.8 Å². The number of carbonyl (C=O) groups is 1. The maximum atomic E-state index is 13.2. The number of hydrogen-bond donors (Lipinski definition) is 0. The Kier molecular flexibility index (Phi) is 7.33. The quantitative estimate of drug-likeness (QED) is 0.471. The Morgan fingerprint density at radius 2 is 1.77 bits per heavy atom. The lowest BCUT2D eigenvalue weighted by Crippen LogP contribution is -2.32. The first-order valence-electron chi connectivity index (χ1n) is 10.2. The number of rotatable bonds is 9. The molecule has 0 unspecified atom stereocenters. The maximum Gasteiger partial charge on any atom is 0.387 e. The van der Waals surface area contributed by atoms with E-state index >= 15 is 0 Å². The number of unbranched alkanes of at least 4 members (excludes halogenated alkanes) is 2. The largest absolute Gasteiger partial charge is 0.435 e. The number of amides is 1. The fourth-order valence-corrected chi connectivity index (χ4v) is 3.36. The summed E-state index contributed by atoms with van der Waals surface area (Å²) in [7, 11) is 1.63. The first-order chi connectivity index (χ1) is 14.9. The number of aryl methyl sites for hydroxylation is 1. The Morgan fingerprint density at radius 1 is 1.10 bits per heavy atom. The lowest BCUT2D eigenvalue weighted by molar-refractivity contribution is -0.0498. The standard InChI is InChI=1S/C23H25F2N3O3/c1-3-4-7-14-28-21(29)19-9-6-5-8-18(19)20(26-28)22(30)27(2)15-16-10-12-17(13-11-16)31-23(24)25/h5-6,8-13,23H,3-4,7,14-15H2,1-2H3. The third kappa shape index (κ3) is 5.45. The molecule has 0 aliphatic carbocycles. The summed E-state index contributed by atoms with van der Waals surface area (Å²) in [6, 6.07) is 13.1. The predicted octanol–water partition coefficient (Wildman–Crippen LogP) is 4.46. The molecule has 3 rings (SSSR count). The number of benzene rings is 2. The molecule has 1 amide bonds. The fourth-order valence-electron chi connectivity index (χ4n) is 3.36. The SMILES string of the molecule is CCCCCn1nc(C(=O)N(C)Cc2ccc(OC(F)F)cc2)c2ccccc2c1=O. The summed E-state index contributed by atoms with van der Waals surface area (Å²) in [5.74, 6) is -0.270. The highest BCUT2D eigenvalue weighted by molar-refractivity contribution is 6.04. The van der Waals surface area contributed by atoms with Gasteiger partial charge in [-0.25, -0.2) is 4.68 Å². The minimum atomic E-state index is -2.89. The molecule has 0 bridgehead atoms. The summed E-state index contributed by atoms with van der Waals surface area (Å²) in [5.41, 5.74) is 0.755. The number of ether oxygens (including phenoxy) is 1. The van der Waals surface area contributed by atoms with Crippen LogP contribution in [-0.4, -0.2) is 34.2 Å². The molecule has 0 aliphatic heterocycles. The summed E-state index contributed by atoms with van der Waals surface area (Å²) in [6.45, 7) is -0.110. The first-order valence-corrected chi connectivity index (χ1v) is 10.2. The van der Waals surface area contributed by atoms with Gasteiger partial charge in [0.1, 0.15) is 5.75 Å². The smallest absolute Gasteiger partial charge is 0.387 e. The van der Waals surface area contributed by atoms with E-state index in [1.54, 1.807) is 43.4 Å². The molecule has 0 N–H and O–H groups in total. The molecule has 0 spiro atoms. The minimum Gasteiger partial charge on any atom is -0.435 e. The minimum absolute atomic E-state index is 0.0551. The monoisotopic (exact) mass is 429 g/mol. The summed E-state index contributed by atoms with van der Waals surface area (Å²) in [6.07, 6.45) is 2.78. The van der Waals surface area contributed by atoms with Gasteiger partial charge < -0.3 is 9.64 Å². The van der Waals surface area contributed by atoms with Gasteiger partial charge in [0.25, 0.3) is 11.5 Å². The van der Waals surface area contributed by atoms with E-state index in [1.807, 2.05) is 0 Å². The van der Waals surface area contributed by atoms with Crippen molar-refractivity contribution < 1.29 is 18.3 Å². The predicted molar refractivity (Wildman–Crippen MR) is 114 cm³/mol. The molecular formula is C23H25F2N3O3. The van der Waals surface area contributed by atoms with E-state index in [1.165, 1.54) is 21.7 Å². The van der Waals surface area contributed by atoms with E-state index in [0.29, 0.717) is 17.3 Å². The van der Waals surface area contributed by atoms with Gasteiger partial charge >= 0.3 is 6.61 Å². The lowest BCUT2D eigenvalue weighted by atomic mass is 10.1. The van der Waals surface area contributed by atoms with Crippen molar-refractivity contribution in [3.63, 3.8) is 0 Å². The van der Waals surface area contributed by atoms with Gasteiger partial charge in [-0.1, -0.05) is 50.1 Å². The number of alkyl halides is 2. The van der Waals surface area contributed by atoms with Gasteiger partial charge in [0, 0.05) is 25.5 Å². The fraction of sp³-hybridized carbons (Fsp3) is 0.348. The number of carbonyl (C=O) groups excluding carboxylic acids is 1. The number of nitrogens with zero attached hydrogens (tertiary/aromatic N) is 3. The molecule has 1 heterocycles. The van der Waals surface area contributed by atoms with Crippen LogP contribution in [0.25, 0.3) is 10.8 Å². The van der Waals surface area contributed by atoms with Crippen molar-refractivity contribution in [2.45, 2.75) is 45.9 Å². The molecule has 0 saturated carbocycles.